The molecule has 29 heavy (non-hydrogen) atoms. The number of rotatable bonds is 9. The molecule has 2 nitrogen and oxygen atoms in total. The molecule has 156 valence electrons. The minimum atomic E-state index is -0.787. The molecule has 0 heterocycles. The number of hydrogen-bond acceptors (Lipinski definition) is 1. The van der Waals surface area contributed by atoms with Gasteiger partial charge >= 0.3 is 5.97 Å². The van der Waals surface area contributed by atoms with E-state index in [-0.39, 0.29) is 0 Å². The van der Waals surface area contributed by atoms with Gasteiger partial charge in [0.15, 0.2) is 0 Å². The van der Waals surface area contributed by atoms with E-state index in [2.05, 4.69) is 44.2 Å². The van der Waals surface area contributed by atoms with Crippen LogP contribution in [0.3, 0.4) is 0 Å². The van der Waals surface area contributed by atoms with Gasteiger partial charge in [0.2, 0.25) is 0 Å². The van der Waals surface area contributed by atoms with Crippen LogP contribution in [0.1, 0.15) is 99.0 Å². The van der Waals surface area contributed by atoms with E-state index < -0.39 is 5.97 Å². The molecule has 0 unspecified atom stereocenters. The lowest BCUT2D eigenvalue weighted by atomic mass is 9.73. The molecule has 1 fully saturated rings. The zero-order chi connectivity index (χ0) is 20.6. The Labute approximate surface area is 176 Å². The van der Waals surface area contributed by atoms with E-state index >= 15 is 0 Å². The summed E-state index contributed by atoms with van der Waals surface area (Å²) in [5, 5.41) is 9.98. The second-order valence-corrected chi connectivity index (χ2v) is 8.70. The Bertz CT molecular complexity index is 786. The lowest BCUT2D eigenvalue weighted by Crippen LogP contribution is -2.17. The molecule has 0 aliphatic heterocycles. The highest BCUT2D eigenvalue weighted by molar-refractivity contribution is 5.93. The lowest BCUT2D eigenvalue weighted by molar-refractivity contribution is 0.0694. The molecule has 0 amide bonds. The maximum atomic E-state index is 12.2. The summed E-state index contributed by atoms with van der Waals surface area (Å²) < 4.78 is 0. The van der Waals surface area contributed by atoms with E-state index in [9.17, 15) is 9.90 Å². The van der Waals surface area contributed by atoms with Gasteiger partial charge in [-0.05, 0) is 72.3 Å². The standard InChI is InChI=1S/C27H36O2/c1-3-5-7-11-20-14-16-23(17-15-20)26-24(27(28)29)19-18-21(10-4-2)25(26)22-12-8-6-9-13-22/h6,8-9,12-13,18-20,23H,3-5,7,10-11,14-17H2,1-2H3,(H,28,29). The van der Waals surface area contributed by atoms with Crippen molar-refractivity contribution in [3.63, 3.8) is 0 Å². The normalized spacial score (nSPS) is 19.2. The summed E-state index contributed by atoms with van der Waals surface area (Å²) in [6.45, 7) is 4.46. The maximum absolute atomic E-state index is 12.2. The van der Waals surface area contributed by atoms with Crippen LogP contribution in [-0.2, 0) is 6.42 Å². The first-order chi connectivity index (χ1) is 14.2. The highest BCUT2D eigenvalue weighted by Gasteiger charge is 2.29. The van der Waals surface area contributed by atoms with Crippen LogP contribution in [0.5, 0.6) is 0 Å². The van der Waals surface area contributed by atoms with Crippen molar-refractivity contribution in [2.45, 2.75) is 84.0 Å². The van der Waals surface area contributed by atoms with Crippen LogP contribution in [0.25, 0.3) is 11.1 Å². The Morgan fingerprint density at radius 2 is 1.66 bits per heavy atom. The largest absolute Gasteiger partial charge is 0.478 e. The minimum absolute atomic E-state index is 0.357. The van der Waals surface area contributed by atoms with E-state index in [0.29, 0.717) is 11.5 Å². The number of aryl methyl sites for hydroxylation is 1. The molecule has 0 bridgehead atoms. The highest BCUT2D eigenvalue weighted by Crippen LogP contribution is 2.44. The molecular weight excluding hydrogens is 356 g/mol. The number of carboxylic acid groups (broad SMARTS) is 1. The molecule has 3 rings (SSSR count). The number of carbonyl (C=O) groups is 1. The molecule has 0 aromatic heterocycles. The second kappa shape index (κ2) is 10.6. The summed E-state index contributed by atoms with van der Waals surface area (Å²) in [5.74, 6) is 0.394. The van der Waals surface area contributed by atoms with Gasteiger partial charge in [-0.3, -0.25) is 0 Å². The molecule has 1 aliphatic rings. The number of carboxylic acids is 1. The Hall–Kier alpha value is -2.09. The van der Waals surface area contributed by atoms with Gasteiger partial charge in [0.1, 0.15) is 0 Å². The van der Waals surface area contributed by atoms with Crippen molar-refractivity contribution in [2.24, 2.45) is 5.92 Å². The third kappa shape index (κ3) is 5.29. The summed E-state index contributed by atoms with van der Waals surface area (Å²) in [4.78, 5) is 12.2. The van der Waals surface area contributed by atoms with Crippen LogP contribution >= 0.6 is 0 Å². The SMILES string of the molecule is CCCCCC1CCC(c2c(C(=O)O)ccc(CCC)c2-c2ccccc2)CC1. The van der Waals surface area contributed by atoms with Gasteiger partial charge in [-0.2, -0.15) is 0 Å². The van der Waals surface area contributed by atoms with Crippen molar-refractivity contribution in [1.82, 2.24) is 0 Å². The fourth-order valence-electron chi connectivity index (χ4n) is 5.12. The van der Waals surface area contributed by atoms with Crippen LogP contribution in [0.2, 0.25) is 0 Å². The van der Waals surface area contributed by atoms with Gasteiger partial charge in [-0.25, -0.2) is 4.79 Å². The van der Waals surface area contributed by atoms with Crippen LogP contribution in [-0.4, -0.2) is 11.1 Å². The van der Waals surface area contributed by atoms with Gasteiger partial charge < -0.3 is 5.11 Å². The summed E-state index contributed by atoms with van der Waals surface area (Å²) in [5.41, 5.74) is 5.27. The van der Waals surface area contributed by atoms with Gasteiger partial charge in [0.25, 0.3) is 0 Å². The van der Waals surface area contributed by atoms with Crippen molar-refractivity contribution in [3.05, 3.63) is 59.2 Å². The second-order valence-electron chi connectivity index (χ2n) is 8.70. The average Bonchev–Trinajstić information content (AvgIpc) is 2.75. The number of hydrogen-bond donors (Lipinski definition) is 1. The molecule has 1 N–H and O–H groups in total. The average molecular weight is 393 g/mol. The quantitative estimate of drug-likeness (QED) is 0.441. The van der Waals surface area contributed by atoms with Crippen LogP contribution < -0.4 is 0 Å². The third-order valence-corrected chi connectivity index (χ3v) is 6.61. The monoisotopic (exact) mass is 392 g/mol. The molecule has 1 aliphatic carbocycles. The van der Waals surface area contributed by atoms with Gasteiger partial charge in [-0.1, -0.05) is 82.3 Å². The van der Waals surface area contributed by atoms with E-state index in [1.807, 2.05) is 12.1 Å². The van der Waals surface area contributed by atoms with Crippen molar-refractivity contribution >= 4 is 5.97 Å². The molecule has 0 spiro atoms. The first kappa shape index (κ1) is 21.6. The number of aromatic carboxylic acids is 1. The molecule has 0 radical (unpaired) electrons. The Morgan fingerprint density at radius 1 is 0.931 bits per heavy atom. The number of unbranched alkanes of at least 4 members (excludes halogenated alkanes) is 2. The zero-order valence-corrected chi connectivity index (χ0v) is 18.1. The zero-order valence-electron chi connectivity index (χ0n) is 18.1. The first-order valence-corrected chi connectivity index (χ1v) is 11.6. The van der Waals surface area contributed by atoms with Crippen LogP contribution in [0, 0.1) is 5.92 Å². The lowest BCUT2D eigenvalue weighted by Gasteiger charge is -2.32. The molecule has 2 aromatic rings. The summed E-state index contributed by atoms with van der Waals surface area (Å²) in [7, 11) is 0. The molecular formula is C27H36O2. The smallest absolute Gasteiger partial charge is 0.335 e. The molecule has 2 aromatic carbocycles. The molecule has 0 saturated heterocycles. The van der Waals surface area contributed by atoms with Crippen LogP contribution in [0.4, 0.5) is 0 Å². The number of benzene rings is 2. The highest BCUT2D eigenvalue weighted by atomic mass is 16.4. The predicted molar refractivity (Wildman–Crippen MR) is 122 cm³/mol. The van der Waals surface area contributed by atoms with Crippen LogP contribution in [0.15, 0.2) is 42.5 Å². The van der Waals surface area contributed by atoms with Crippen molar-refractivity contribution in [3.8, 4) is 11.1 Å². The third-order valence-electron chi connectivity index (χ3n) is 6.61. The van der Waals surface area contributed by atoms with Gasteiger partial charge in [0, 0.05) is 0 Å². The first-order valence-electron chi connectivity index (χ1n) is 11.6. The topological polar surface area (TPSA) is 37.3 Å². The van der Waals surface area contributed by atoms with E-state index in [1.54, 1.807) is 0 Å². The van der Waals surface area contributed by atoms with Crippen molar-refractivity contribution < 1.29 is 9.90 Å². The fraction of sp³-hybridized carbons (Fsp3) is 0.519. The Morgan fingerprint density at radius 3 is 2.28 bits per heavy atom. The van der Waals surface area contributed by atoms with E-state index in [1.165, 1.54) is 55.2 Å². The Kier molecular flexibility index (Phi) is 7.91. The van der Waals surface area contributed by atoms with Crippen molar-refractivity contribution in [2.75, 3.05) is 0 Å². The fourth-order valence-corrected chi connectivity index (χ4v) is 5.12. The summed E-state index contributed by atoms with van der Waals surface area (Å²) in [6.07, 6.45) is 12.1. The summed E-state index contributed by atoms with van der Waals surface area (Å²) >= 11 is 0. The molecule has 0 atom stereocenters. The Balaban J connectivity index is 1.96. The van der Waals surface area contributed by atoms with Gasteiger partial charge in [0.05, 0.1) is 5.56 Å². The predicted octanol–water partition coefficient (Wildman–Crippen LogP) is 7.86. The minimum Gasteiger partial charge on any atom is -0.478 e. The van der Waals surface area contributed by atoms with Gasteiger partial charge in [-0.15, -0.1) is 0 Å². The molecule has 1 saturated carbocycles. The summed E-state index contributed by atoms with van der Waals surface area (Å²) in [6, 6.07) is 14.3. The van der Waals surface area contributed by atoms with Crippen molar-refractivity contribution in [1.29, 1.82) is 0 Å². The van der Waals surface area contributed by atoms with E-state index in [0.717, 1.165) is 37.2 Å². The molecule has 2 heteroatoms. The van der Waals surface area contributed by atoms with E-state index in [4.69, 9.17) is 0 Å². The maximum Gasteiger partial charge on any atom is 0.335 e.